The summed E-state index contributed by atoms with van der Waals surface area (Å²) in [6.45, 7) is 6.24. The van der Waals surface area contributed by atoms with Crippen LogP contribution in [0.2, 0.25) is 0 Å². The Kier molecular flexibility index (Phi) is 14.3. The zero-order valence-electron chi connectivity index (χ0n) is 36.5. The fraction of sp³-hybridized carbons (Fsp3) is 0.930. The van der Waals surface area contributed by atoms with Crippen molar-refractivity contribution in [1.29, 1.82) is 0 Å². The number of carbonyl (C=O) groups excluding carboxylic acids is 1. The van der Waals surface area contributed by atoms with E-state index in [-0.39, 0.29) is 23.9 Å². The third kappa shape index (κ3) is 8.43. The van der Waals surface area contributed by atoms with Crippen molar-refractivity contribution in [3.63, 3.8) is 0 Å². The topological polar surface area (TPSA) is 354 Å². The van der Waals surface area contributed by atoms with E-state index in [1.807, 2.05) is 6.92 Å². The summed E-state index contributed by atoms with van der Waals surface area (Å²) in [6.07, 6.45) is -25.1. The van der Waals surface area contributed by atoms with Gasteiger partial charge in [-0.25, -0.2) is 0 Å². The highest BCUT2D eigenvalue weighted by atomic mass is 16.8. The molecule has 4 heterocycles. The lowest BCUT2D eigenvalue weighted by atomic mass is 9.41. The number of ether oxygens (including phenoxy) is 8. The van der Waals surface area contributed by atoms with Gasteiger partial charge >= 0.3 is 5.97 Å². The van der Waals surface area contributed by atoms with E-state index in [1.54, 1.807) is 0 Å². The number of aliphatic hydroxyl groups excluding tert-OH is 13. The molecular weight excluding hydrogens is 868 g/mol. The summed E-state index contributed by atoms with van der Waals surface area (Å²) in [5, 5.41) is 136. The second-order valence-corrected chi connectivity index (χ2v) is 20.4. The van der Waals surface area contributed by atoms with Crippen molar-refractivity contribution in [2.24, 2.45) is 28.1 Å². The Balaban J connectivity index is 0.965. The van der Waals surface area contributed by atoms with Crippen LogP contribution in [-0.2, 0) is 42.7 Å². The van der Waals surface area contributed by atoms with Crippen molar-refractivity contribution in [3.05, 3.63) is 12.2 Å². The smallest absolute Gasteiger partial charge is 0.314 e. The van der Waals surface area contributed by atoms with Gasteiger partial charge in [0.25, 0.3) is 0 Å². The van der Waals surface area contributed by atoms with E-state index in [2.05, 4.69) is 13.5 Å². The Bertz CT molecular complexity index is 1710. The zero-order chi connectivity index (χ0) is 47.1. The van der Waals surface area contributed by atoms with E-state index in [0.29, 0.717) is 51.4 Å². The van der Waals surface area contributed by atoms with Gasteiger partial charge in [-0.15, -0.1) is 0 Å². The first-order valence-corrected chi connectivity index (χ1v) is 22.8. The van der Waals surface area contributed by atoms with Gasteiger partial charge in [0.2, 0.25) is 6.29 Å². The van der Waals surface area contributed by atoms with Gasteiger partial charge < -0.3 is 104 Å². The number of rotatable bonds is 11. The highest BCUT2D eigenvalue weighted by molar-refractivity contribution is 5.77. The van der Waals surface area contributed by atoms with Gasteiger partial charge in [0.1, 0.15) is 91.6 Å². The van der Waals surface area contributed by atoms with E-state index in [9.17, 15) is 71.2 Å². The highest BCUT2D eigenvalue weighted by Gasteiger charge is 2.69. The molecule has 65 heavy (non-hydrogen) atoms. The van der Waals surface area contributed by atoms with Crippen molar-refractivity contribution in [3.8, 4) is 0 Å². The average Bonchev–Trinajstić information content (AvgIpc) is 3.47. The fourth-order valence-electron chi connectivity index (χ4n) is 13.1. The molecule has 22 heteroatoms. The minimum absolute atomic E-state index is 0.0650. The first-order valence-electron chi connectivity index (χ1n) is 22.8. The summed E-state index contributed by atoms with van der Waals surface area (Å²) in [6, 6.07) is 0. The van der Waals surface area contributed by atoms with Gasteiger partial charge in [0.15, 0.2) is 18.9 Å². The molecular formula is C43H68O22. The minimum atomic E-state index is -1.83. The van der Waals surface area contributed by atoms with Crippen molar-refractivity contribution >= 4 is 5.97 Å². The molecule has 25 unspecified atom stereocenters. The molecule has 4 saturated heterocycles. The molecule has 4 aliphatic heterocycles. The summed E-state index contributed by atoms with van der Waals surface area (Å²) in [4.78, 5) is 14.5. The molecule has 0 aromatic carbocycles. The van der Waals surface area contributed by atoms with Crippen molar-refractivity contribution in [1.82, 2.24) is 0 Å². The predicted molar refractivity (Wildman–Crippen MR) is 213 cm³/mol. The van der Waals surface area contributed by atoms with Crippen molar-refractivity contribution < 1.29 is 109 Å². The van der Waals surface area contributed by atoms with Crippen LogP contribution in [0.15, 0.2) is 12.2 Å². The summed E-state index contributed by atoms with van der Waals surface area (Å²) in [7, 11) is 0. The molecule has 0 radical (unpaired) electrons. The first-order chi connectivity index (χ1) is 30.6. The van der Waals surface area contributed by atoms with Crippen LogP contribution in [0.25, 0.3) is 0 Å². The second-order valence-electron chi connectivity index (χ2n) is 20.4. The van der Waals surface area contributed by atoms with Crippen LogP contribution in [0, 0.1) is 28.1 Å². The Morgan fingerprint density at radius 2 is 1.25 bits per heavy atom. The number of esters is 1. The van der Waals surface area contributed by atoms with Gasteiger partial charge in [0, 0.05) is 0 Å². The van der Waals surface area contributed by atoms with Gasteiger partial charge in [-0.2, -0.15) is 0 Å². The quantitative estimate of drug-likeness (QED) is 0.0528. The summed E-state index contributed by atoms with van der Waals surface area (Å²) < 4.78 is 46.9. The predicted octanol–water partition coefficient (Wildman–Crippen LogP) is -4.47. The maximum absolute atomic E-state index is 14.5. The Hall–Kier alpha value is -1.59. The maximum Gasteiger partial charge on any atom is 0.314 e. The largest absolute Gasteiger partial charge is 0.432 e. The van der Waals surface area contributed by atoms with Gasteiger partial charge in [0.05, 0.1) is 37.4 Å². The maximum atomic E-state index is 14.5. The molecule has 0 aromatic heterocycles. The van der Waals surface area contributed by atoms with Crippen molar-refractivity contribution in [2.75, 3.05) is 26.4 Å². The minimum Gasteiger partial charge on any atom is -0.432 e. The van der Waals surface area contributed by atoms with E-state index in [1.165, 1.54) is 0 Å². The number of aliphatic hydroxyl groups is 13. The third-order valence-corrected chi connectivity index (χ3v) is 16.7. The number of carbonyl (C=O) groups is 1. The van der Waals surface area contributed by atoms with Crippen LogP contribution in [-0.4, -0.2) is 221 Å². The van der Waals surface area contributed by atoms with E-state index < -0.39 is 159 Å². The molecule has 0 aromatic rings. The SMILES string of the molecule is C=C1CC23CCC4C(C)(C(=O)OC5OC(COC6OCC(O)C(O)C6O)C(O)C(O)C5O)CCCC4(C)C2CCC1(OC1OC(CO)C(O)C(O)C1OC1OC(CO)C(O)C(O)C1O)C3. The number of hydrogen-bond donors (Lipinski definition) is 13. The van der Waals surface area contributed by atoms with E-state index >= 15 is 0 Å². The fourth-order valence-corrected chi connectivity index (χ4v) is 13.1. The lowest BCUT2D eigenvalue weighted by molar-refractivity contribution is -0.378. The van der Waals surface area contributed by atoms with Crippen LogP contribution in [0.1, 0.15) is 71.6 Å². The average molecular weight is 937 g/mol. The van der Waals surface area contributed by atoms with Crippen LogP contribution < -0.4 is 0 Å². The molecule has 4 saturated carbocycles. The van der Waals surface area contributed by atoms with Crippen LogP contribution in [0.5, 0.6) is 0 Å². The molecule has 8 fully saturated rings. The zero-order valence-corrected chi connectivity index (χ0v) is 36.5. The number of fused-ring (bicyclic) bond motifs is 3. The molecule has 8 aliphatic rings. The Labute approximate surface area is 375 Å². The number of hydrogen-bond acceptors (Lipinski definition) is 22. The Morgan fingerprint density at radius 3 is 1.92 bits per heavy atom. The molecule has 0 amide bonds. The monoisotopic (exact) mass is 936 g/mol. The molecule has 22 nitrogen and oxygen atoms in total. The molecule has 1 spiro atoms. The second kappa shape index (κ2) is 18.6. The van der Waals surface area contributed by atoms with Crippen LogP contribution >= 0.6 is 0 Å². The molecule has 372 valence electrons. The lowest BCUT2D eigenvalue weighted by Crippen LogP contribution is -2.65. The molecule has 25 atom stereocenters. The van der Waals surface area contributed by atoms with Crippen LogP contribution in [0.3, 0.4) is 0 Å². The summed E-state index contributed by atoms with van der Waals surface area (Å²) in [5.41, 5.74) is -2.08. The third-order valence-electron chi connectivity index (χ3n) is 16.7. The van der Waals surface area contributed by atoms with Gasteiger partial charge in [-0.1, -0.05) is 19.9 Å². The molecule has 2 bridgehead atoms. The lowest BCUT2D eigenvalue weighted by Gasteiger charge is -2.64. The highest BCUT2D eigenvalue weighted by Crippen LogP contribution is 2.73. The standard InChI is InChI=1S/C43H68O22/c1-17-11-42-9-5-22-40(2,7-4-8-41(22,3)39(57)64-37-33(56)29(52)27(50)21(62-37)15-59-35-31(54)24(47)18(46)14-58-35)23(42)6-10-43(17,16-42)65-38-34(30(53)26(49)20(13-45)61-38)63-36-32(55)28(51)25(48)19(12-44)60-36/h18-38,44-56H,1,4-16H2,2-3H3. The van der Waals surface area contributed by atoms with E-state index in [0.717, 1.165) is 12.0 Å². The summed E-state index contributed by atoms with van der Waals surface area (Å²) in [5.74, 6) is -0.783. The van der Waals surface area contributed by atoms with Crippen molar-refractivity contribution in [2.45, 2.75) is 194 Å². The molecule has 13 N–H and O–H groups in total. The van der Waals surface area contributed by atoms with Crippen LogP contribution in [0.4, 0.5) is 0 Å². The molecule has 4 aliphatic carbocycles. The normalized spacial score (nSPS) is 54.7. The first kappa shape index (κ1) is 49.8. The van der Waals surface area contributed by atoms with Gasteiger partial charge in [-0.05, 0) is 86.5 Å². The Morgan fingerprint density at radius 1 is 0.662 bits per heavy atom. The van der Waals surface area contributed by atoms with Gasteiger partial charge in [-0.3, -0.25) is 4.79 Å². The van der Waals surface area contributed by atoms with E-state index in [4.69, 9.17) is 37.9 Å². The summed E-state index contributed by atoms with van der Waals surface area (Å²) >= 11 is 0. The molecule has 8 rings (SSSR count).